The molecule has 1 aromatic heterocycles. The maximum Gasteiger partial charge on any atom is 0.316 e. The Morgan fingerprint density at radius 3 is 2.39 bits per heavy atom. The number of aromatic nitrogens is 2. The van der Waals surface area contributed by atoms with E-state index in [2.05, 4.69) is 23.0 Å². The fourth-order valence-corrected chi connectivity index (χ4v) is 2.56. The first-order valence-electron chi connectivity index (χ1n) is 8.42. The lowest BCUT2D eigenvalue weighted by Crippen LogP contribution is -2.01. The van der Waals surface area contributed by atoms with Gasteiger partial charge in [0.05, 0.1) is 6.61 Å². The summed E-state index contributed by atoms with van der Waals surface area (Å²) in [5.74, 6) is 0. The molecule has 0 aliphatic carbocycles. The van der Waals surface area contributed by atoms with Gasteiger partial charge in [-0.25, -0.2) is 9.97 Å². The van der Waals surface area contributed by atoms with Crippen molar-refractivity contribution >= 4 is 11.6 Å². The molecule has 0 N–H and O–H groups in total. The lowest BCUT2D eigenvalue weighted by Gasteiger charge is -2.06. The van der Waals surface area contributed by atoms with Crippen LogP contribution in [0.2, 0.25) is 5.02 Å². The maximum atomic E-state index is 5.94. The van der Waals surface area contributed by atoms with Gasteiger partial charge in [0.25, 0.3) is 0 Å². The van der Waals surface area contributed by atoms with Crippen LogP contribution in [0.25, 0.3) is 11.1 Å². The molecule has 2 rings (SSSR count). The third-order valence-corrected chi connectivity index (χ3v) is 3.93. The Hall–Kier alpha value is -1.61. The van der Waals surface area contributed by atoms with Crippen molar-refractivity contribution in [3.05, 3.63) is 41.7 Å². The summed E-state index contributed by atoms with van der Waals surface area (Å²) in [6.07, 6.45) is 12.4. The van der Waals surface area contributed by atoms with E-state index in [9.17, 15) is 0 Å². The molecule has 1 aromatic carbocycles. The Balaban J connectivity index is 1.69. The van der Waals surface area contributed by atoms with Gasteiger partial charge in [-0.15, -0.1) is 0 Å². The lowest BCUT2D eigenvalue weighted by molar-refractivity contribution is 0.281. The smallest absolute Gasteiger partial charge is 0.316 e. The summed E-state index contributed by atoms with van der Waals surface area (Å²) in [5, 5.41) is 0.585. The van der Waals surface area contributed by atoms with Crippen molar-refractivity contribution in [3.63, 3.8) is 0 Å². The van der Waals surface area contributed by atoms with Gasteiger partial charge in [-0.05, 0) is 18.1 Å². The second-order valence-electron chi connectivity index (χ2n) is 5.65. The second kappa shape index (κ2) is 10.2. The summed E-state index contributed by atoms with van der Waals surface area (Å²) < 4.78 is 5.59. The summed E-state index contributed by atoms with van der Waals surface area (Å²) in [6.45, 7) is 2.92. The van der Waals surface area contributed by atoms with Crippen molar-refractivity contribution in [1.29, 1.82) is 0 Å². The van der Waals surface area contributed by atoms with E-state index in [-0.39, 0.29) is 0 Å². The van der Waals surface area contributed by atoms with E-state index < -0.39 is 0 Å². The Kier molecular flexibility index (Phi) is 7.88. The van der Waals surface area contributed by atoms with Gasteiger partial charge < -0.3 is 4.74 Å². The Bertz CT molecular complexity index is 572. The molecule has 0 aliphatic rings. The van der Waals surface area contributed by atoms with Crippen LogP contribution in [0.3, 0.4) is 0 Å². The quantitative estimate of drug-likeness (QED) is 0.522. The predicted molar refractivity (Wildman–Crippen MR) is 94.8 cm³/mol. The molecule has 0 amide bonds. The highest BCUT2D eigenvalue weighted by atomic mass is 35.5. The topological polar surface area (TPSA) is 35.0 Å². The molecule has 23 heavy (non-hydrogen) atoms. The van der Waals surface area contributed by atoms with Crippen molar-refractivity contribution in [2.45, 2.75) is 51.9 Å². The van der Waals surface area contributed by atoms with E-state index in [1.807, 2.05) is 12.1 Å². The molecular formula is C19H24ClN2O. The van der Waals surface area contributed by atoms with Gasteiger partial charge in [0, 0.05) is 29.0 Å². The van der Waals surface area contributed by atoms with E-state index in [0.29, 0.717) is 17.6 Å². The number of benzene rings is 1. The zero-order valence-electron chi connectivity index (χ0n) is 13.7. The van der Waals surface area contributed by atoms with E-state index >= 15 is 0 Å². The van der Waals surface area contributed by atoms with Crippen molar-refractivity contribution < 1.29 is 4.74 Å². The van der Waals surface area contributed by atoms with Crippen LogP contribution >= 0.6 is 11.6 Å². The second-order valence-corrected chi connectivity index (χ2v) is 6.06. The van der Waals surface area contributed by atoms with E-state index in [1.165, 1.54) is 38.5 Å². The SMILES string of the molecule is CCCCCCCCCOc1ncc(-c2cc[c]c(Cl)c2)cn1. The van der Waals surface area contributed by atoms with Gasteiger partial charge in [0.2, 0.25) is 0 Å². The standard InChI is InChI=1S/C19H24ClN2O/c1-2-3-4-5-6-7-8-12-23-19-21-14-17(15-22-19)16-10-9-11-18(20)13-16/h9-10,13-15H,2-8,12H2,1H3. The Labute approximate surface area is 144 Å². The Morgan fingerprint density at radius 1 is 1.00 bits per heavy atom. The molecule has 0 bridgehead atoms. The highest BCUT2D eigenvalue weighted by molar-refractivity contribution is 6.30. The molecular weight excluding hydrogens is 308 g/mol. The predicted octanol–water partition coefficient (Wildman–Crippen LogP) is 5.73. The average molecular weight is 332 g/mol. The zero-order valence-corrected chi connectivity index (χ0v) is 14.5. The van der Waals surface area contributed by atoms with Crippen LogP contribution in [0, 0.1) is 6.07 Å². The minimum Gasteiger partial charge on any atom is -0.463 e. The maximum absolute atomic E-state index is 5.94. The van der Waals surface area contributed by atoms with Crippen LogP contribution in [-0.2, 0) is 0 Å². The van der Waals surface area contributed by atoms with Gasteiger partial charge >= 0.3 is 6.01 Å². The van der Waals surface area contributed by atoms with Crippen molar-refractivity contribution in [3.8, 4) is 17.1 Å². The number of unbranched alkanes of at least 4 members (excludes halogenated alkanes) is 6. The fraction of sp³-hybridized carbons (Fsp3) is 0.474. The highest BCUT2D eigenvalue weighted by Crippen LogP contribution is 2.21. The van der Waals surface area contributed by atoms with E-state index in [4.69, 9.17) is 16.3 Å². The van der Waals surface area contributed by atoms with Gasteiger partial charge in [-0.2, -0.15) is 0 Å². The fourth-order valence-electron chi connectivity index (χ4n) is 2.38. The minimum absolute atomic E-state index is 0.438. The number of nitrogens with zero attached hydrogens (tertiary/aromatic N) is 2. The molecule has 0 fully saturated rings. The summed E-state index contributed by atoms with van der Waals surface area (Å²) in [6, 6.07) is 8.92. The molecule has 4 heteroatoms. The van der Waals surface area contributed by atoms with E-state index in [1.54, 1.807) is 18.5 Å². The minimum atomic E-state index is 0.438. The molecule has 0 saturated heterocycles. The molecule has 3 nitrogen and oxygen atoms in total. The van der Waals surface area contributed by atoms with Gasteiger partial charge in [0.1, 0.15) is 0 Å². The summed E-state index contributed by atoms with van der Waals surface area (Å²) in [5.41, 5.74) is 1.90. The first-order chi connectivity index (χ1) is 11.3. The molecule has 0 unspecified atom stereocenters. The first kappa shape index (κ1) is 17.7. The Morgan fingerprint density at radius 2 is 1.70 bits per heavy atom. The van der Waals surface area contributed by atoms with Crippen LogP contribution in [0.1, 0.15) is 51.9 Å². The van der Waals surface area contributed by atoms with Crippen LogP contribution in [0.4, 0.5) is 0 Å². The molecule has 1 heterocycles. The number of halogens is 1. The normalized spacial score (nSPS) is 10.7. The molecule has 2 aromatic rings. The largest absolute Gasteiger partial charge is 0.463 e. The molecule has 0 atom stereocenters. The third-order valence-electron chi connectivity index (χ3n) is 3.71. The number of hydrogen-bond acceptors (Lipinski definition) is 3. The lowest BCUT2D eigenvalue weighted by atomic mass is 10.1. The molecule has 0 saturated carbocycles. The first-order valence-corrected chi connectivity index (χ1v) is 8.80. The molecule has 1 radical (unpaired) electrons. The van der Waals surface area contributed by atoms with E-state index in [0.717, 1.165) is 17.5 Å². The van der Waals surface area contributed by atoms with Crippen LogP contribution in [0.15, 0.2) is 30.6 Å². The molecule has 0 aliphatic heterocycles. The van der Waals surface area contributed by atoms with Crippen molar-refractivity contribution in [2.75, 3.05) is 6.61 Å². The summed E-state index contributed by atoms with van der Waals surface area (Å²) in [4.78, 5) is 8.51. The highest BCUT2D eigenvalue weighted by Gasteiger charge is 2.02. The molecule has 0 spiro atoms. The number of hydrogen-bond donors (Lipinski definition) is 0. The summed E-state index contributed by atoms with van der Waals surface area (Å²) >= 11 is 5.94. The van der Waals surface area contributed by atoms with Gasteiger partial charge in [-0.3, -0.25) is 0 Å². The van der Waals surface area contributed by atoms with Gasteiger partial charge in [0.15, 0.2) is 0 Å². The van der Waals surface area contributed by atoms with Crippen molar-refractivity contribution in [2.24, 2.45) is 0 Å². The van der Waals surface area contributed by atoms with Crippen molar-refractivity contribution in [1.82, 2.24) is 9.97 Å². The third kappa shape index (κ3) is 6.57. The van der Waals surface area contributed by atoms with Crippen LogP contribution < -0.4 is 4.74 Å². The van der Waals surface area contributed by atoms with Crippen LogP contribution in [-0.4, -0.2) is 16.6 Å². The number of rotatable bonds is 10. The number of ether oxygens (including phenoxy) is 1. The molecule has 123 valence electrons. The average Bonchev–Trinajstić information content (AvgIpc) is 2.58. The summed E-state index contributed by atoms with van der Waals surface area (Å²) in [7, 11) is 0. The monoisotopic (exact) mass is 331 g/mol. The van der Waals surface area contributed by atoms with Crippen LogP contribution in [0.5, 0.6) is 6.01 Å². The zero-order chi connectivity index (χ0) is 16.3. The van der Waals surface area contributed by atoms with Gasteiger partial charge in [-0.1, -0.05) is 69.2 Å².